The van der Waals surface area contributed by atoms with Crippen LogP contribution in [0.1, 0.15) is 25.7 Å². The average molecular weight is 198 g/mol. The molecule has 0 aromatic rings. The van der Waals surface area contributed by atoms with Crippen molar-refractivity contribution in [2.75, 3.05) is 26.2 Å². The predicted molar refractivity (Wildman–Crippen MR) is 53.3 cm³/mol. The summed E-state index contributed by atoms with van der Waals surface area (Å²) in [5, 5.41) is 12.6. The highest BCUT2D eigenvalue weighted by atomic mass is 16.4. The fourth-order valence-electron chi connectivity index (χ4n) is 2.72. The van der Waals surface area contributed by atoms with Gasteiger partial charge in [-0.05, 0) is 12.8 Å². The Morgan fingerprint density at radius 2 is 1.79 bits per heavy atom. The summed E-state index contributed by atoms with van der Waals surface area (Å²) in [6, 6.07) is 0. The molecule has 4 heteroatoms. The molecule has 2 aliphatic rings. The van der Waals surface area contributed by atoms with Crippen molar-refractivity contribution in [3.05, 3.63) is 0 Å². The van der Waals surface area contributed by atoms with E-state index in [1.54, 1.807) is 0 Å². The molecule has 0 amide bonds. The van der Waals surface area contributed by atoms with Gasteiger partial charge in [0.2, 0.25) is 0 Å². The Morgan fingerprint density at radius 1 is 1.21 bits per heavy atom. The van der Waals surface area contributed by atoms with Gasteiger partial charge in [0, 0.05) is 26.2 Å². The molecule has 0 bridgehead atoms. The second kappa shape index (κ2) is 3.87. The van der Waals surface area contributed by atoms with E-state index in [0.717, 1.165) is 51.9 Å². The van der Waals surface area contributed by atoms with Gasteiger partial charge in [0.25, 0.3) is 0 Å². The summed E-state index contributed by atoms with van der Waals surface area (Å²) in [4.78, 5) is 13.5. The van der Waals surface area contributed by atoms with Crippen LogP contribution in [0.15, 0.2) is 0 Å². The van der Waals surface area contributed by atoms with Crippen LogP contribution in [0.4, 0.5) is 0 Å². The third-order valence-electron chi connectivity index (χ3n) is 3.55. The highest BCUT2D eigenvalue weighted by molar-refractivity contribution is 5.79. The maximum Gasteiger partial charge on any atom is 0.324 e. The monoisotopic (exact) mass is 198 g/mol. The normalized spacial score (nSPS) is 27.7. The first-order chi connectivity index (χ1) is 6.76. The Labute approximate surface area is 84.3 Å². The molecule has 1 saturated heterocycles. The van der Waals surface area contributed by atoms with Crippen molar-refractivity contribution in [2.24, 2.45) is 0 Å². The third-order valence-corrected chi connectivity index (χ3v) is 3.55. The van der Waals surface area contributed by atoms with E-state index in [4.69, 9.17) is 0 Å². The maximum absolute atomic E-state index is 11.4. The molecule has 1 aliphatic heterocycles. The van der Waals surface area contributed by atoms with Crippen molar-refractivity contribution >= 4 is 5.97 Å². The molecular weight excluding hydrogens is 180 g/mol. The van der Waals surface area contributed by atoms with Gasteiger partial charge in [-0.25, -0.2) is 0 Å². The standard InChI is InChI=1S/C10H18N2O2/c13-9(14)10(3-1-2-4-10)12-7-5-11-6-8-12/h11H,1-8H2,(H,13,14). The molecule has 1 saturated carbocycles. The van der Waals surface area contributed by atoms with Gasteiger partial charge in [0.05, 0.1) is 0 Å². The molecule has 0 radical (unpaired) electrons. The van der Waals surface area contributed by atoms with Gasteiger partial charge in [-0.2, -0.15) is 0 Å². The molecule has 80 valence electrons. The average Bonchev–Trinajstić information content (AvgIpc) is 2.69. The highest BCUT2D eigenvalue weighted by Gasteiger charge is 2.46. The molecular formula is C10H18N2O2. The number of aliphatic carboxylic acids is 1. The van der Waals surface area contributed by atoms with E-state index >= 15 is 0 Å². The van der Waals surface area contributed by atoms with E-state index < -0.39 is 11.5 Å². The Bertz CT molecular complexity index is 218. The Balaban J connectivity index is 2.12. The van der Waals surface area contributed by atoms with Crippen LogP contribution < -0.4 is 5.32 Å². The molecule has 1 heterocycles. The largest absolute Gasteiger partial charge is 0.480 e. The summed E-state index contributed by atoms with van der Waals surface area (Å²) in [5.74, 6) is -0.614. The molecule has 2 fully saturated rings. The van der Waals surface area contributed by atoms with Gasteiger partial charge >= 0.3 is 5.97 Å². The van der Waals surface area contributed by atoms with Gasteiger partial charge in [0.1, 0.15) is 5.54 Å². The van der Waals surface area contributed by atoms with Crippen LogP contribution in [-0.2, 0) is 4.79 Å². The quantitative estimate of drug-likeness (QED) is 0.669. The summed E-state index contributed by atoms with van der Waals surface area (Å²) in [6.45, 7) is 3.61. The number of piperazine rings is 1. The number of hydrogen-bond acceptors (Lipinski definition) is 3. The van der Waals surface area contributed by atoms with Crippen LogP contribution >= 0.6 is 0 Å². The van der Waals surface area contributed by atoms with Crippen LogP contribution in [0.3, 0.4) is 0 Å². The van der Waals surface area contributed by atoms with Crippen LogP contribution in [-0.4, -0.2) is 47.7 Å². The summed E-state index contributed by atoms with van der Waals surface area (Å²) in [5.41, 5.74) is -0.526. The zero-order chi connectivity index (χ0) is 10.0. The lowest BCUT2D eigenvalue weighted by Crippen LogP contribution is -2.58. The number of carboxylic acids is 1. The van der Waals surface area contributed by atoms with Crippen LogP contribution in [0.2, 0.25) is 0 Å². The highest BCUT2D eigenvalue weighted by Crippen LogP contribution is 2.35. The number of rotatable bonds is 2. The zero-order valence-electron chi connectivity index (χ0n) is 8.46. The van der Waals surface area contributed by atoms with Crippen LogP contribution in [0.5, 0.6) is 0 Å². The smallest absolute Gasteiger partial charge is 0.324 e. The van der Waals surface area contributed by atoms with E-state index in [-0.39, 0.29) is 0 Å². The van der Waals surface area contributed by atoms with Crippen molar-refractivity contribution < 1.29 is 9.90 Å². The molecule has 0 spiro atoms. The molecule has 0 aromatic carbocycles. The molecule has 2 rings (SSSR count). The summed E-state index contributed by atoms with van der Waals surface area (Å²) in [7, 11) is 0. The fourth-order valence-corrected chi connectivity index (χ4v) is 2.72. The molecule has 4 nitrogen and oxygen atoms in total. The molecule has 0 unspecified atom stereocenters. The molecule has 0 atom stereocenters. The lowest BCUT2D eigenvalue weighted by Gasteiger charge is -2.40. The minimum Gasteiger partial charge on any atom is -0.480 e. The molecule has 0 aromatic heterocycles. The number of nitrogens with zero attached hydrogens (tertiary/aromatic N) is 1. The summed E-state index contributed by atoms with van der Waals surface area (Å²) < 4.78 is 0. The maximum atomic E-state index is 11.4. The van der Waals surface area contributed by atoms with E-state index in [9.17, 15) is 9.90 Å². The van der Waals surface area contributed by atoms with Gasteiger partial charge in [0.15, 0.2) is 0 Å². The van der Waals surface area contributed by atoms with Crippen molar-refractivity contribution in [3.63, 3.8) is 0 Å². The second-order valence-electron chi connectivity index (χ2n) is 4.28. The lowest BCUT2D eigenvalue weighted by molar-refractivity contribution is -0.151. The van der Waals surface area contributed by atoms with Gasteiger partial charge in [-0.1, -0.05) is 12.8 Å². The first-order valence-corrected chi connectivity index (χ1v) is 5.45. The van der Waals surface area contributed by atoms with Crippen LogP contribution in [0.25, 0.3) is 0 Å². The number of carboxylic acid groups (broad SMARTS) is 1. The summed E-state index contributed by atoms with van der Waals surface area (Å²) in [6.07, 6.45) is 3.80. The van der Waals surface area contributed by atoms with Crippen molar-refractivity contribution in [1.82, 2.24) is 10.2 Å². The number of nitrogens with one attached hydrogen (secondary N) is 1. The summed E-state index contributed by atoms with van der Waals surface area (Å²) >= 11 is 0. The third kappa shape index (κ3) is 1.53. The number of hydrogen-bond donors (Lipinski definition) is 2. The van der Waals surface area contributed by atoms with E-state index in [1.807, 2.05) is 0 Å². The Kier molecular flexibility index (Phi) is 2.74. The predicted octanol–water partition coefficient (Wildman–Crippen LogP) is 0.289. The lowest BCUT2D eigenvalue weighted by atomic mass is 9.94. The molecule has 1 aliphatic carbocycles. The SMILES string of the molecule is O=C(O)C1(N2CCNCC2)CCCC1. The molecule has 2 N–H and O–H groups in total. The first kappa shape index (κ1) is 9.93. The minimum atomic E-state index is -0.614. The topological polar surface area (TPSA) is 52.6 Å². The first-order valence-electron chi connectivity index (χ1n) is 5.45. The minimum absolute atomic E-state index is 0.526. The van der Waals surface area contributed by atoms with Crippen molar-refractivity contribution in [1.29, 1.82) is 0 Å². The van der Waals surface area contributed by atoms with E-state index in [2.05, 4.69) is 10.2 Å². The van der Waals surface area contributed by atoms with E-state index in [1.165, 1.54) is 0 Å². The van der Waals surface area contributed by atoms with Crippen molar-refractivity contribution in [3.8, 4) is 0 Å². The number of carbonyl (C=O) groups is 1. The van der Waals surface area contributed by atoms with Gasteiger partial charge < -0.3 is 10.4 Å². The van der Waals surface area contributed by atoms with Crippen molar-refractivity contribution in [2.45, 2.75) is 31.2 Å². The van der Waals surface area contributed by atoms with E-state index in [0.29, 0.717) is 0 Å². The van der Waals surface area contributed by atoms with Crippen LogP contribution in [0, 0.1) is 0 Å². The Hall–Kier alpha value is -0.610. The zero-order valence-corrected chi connectivity index (χ0v) is 8.46. The van der Waals surface area contributed by atoms with Gasteiger partial charge in [-0.15, -0.1) is 0 Å². The Morgan fingerprint density at radius 3 is 2.29 bits per heavy atom. The second-order valence-corrected chi connectivity index (χ2v) is 4.28. The molecule has 14 heavy (non-hydrogen) atoms. The van der Waals surface area contributed by atoms with Gasteiger partial charge in [-0.3, -0.25) is 9.69 Å². The fraction of sp³-hybridized carbons (Fsp3) is 0.900.